The first-order chi connectivity index (χ1) is 17.5. The summed E-state index contributed by atoms with van der Waals surface area (Å²) in [7, 11) is 3.96. The molecule has 190 valence electrons. The van der Waals surface area contributed by atoms with Gasteiger partial charge in [0, 0.05) is 55.6 Å². The third-order valence-corrected chi connectivity index (χ3v) is 6.81. The molecule has 0 radical (unpaired) electrons. The Balaban J connectivity index is 1.18. The molecule has 8 nitrogen and oxygen atoms in total. The molecule has 4 heterocycles. The van der Waals surface area contributed by atoms with E-state index in [1.807, 2.05) is 43.5 Å². The Morgan fingerprint density at radius 1 is 1.19 bits per heavy atom. The number of H-pyrrole nitrogens is 1. The molecule has 1 fully saturated rings. The number of hydrogen-bond donors (Lipinski definition) is 1. The van der Waals surface area contributed by atoms with Crippen LogP contribution in [0.15, 0.2) is 49.2 Å². The lowest BCUT2D eigenvalue weighted by Crippen LogP contribution is -2.41. The molecule has 0 spiro atoms. The van der Waals surface area contributed by atoms with Crippen molar-refractivity contribution in [2.45, 2.75) is 44.9 Å². The largest absolute Gasteiger partial charge is 0.490 e. The molecule has 1 aromatic carbocycles. The van der Waals surface area contributed by atoms with Crippen molar-refractivity contribution in [2.75, 3.05) is 33.7 Å². The number of aromatic amines is 1. The highest BCUT2D eigenvalue weighted by Crippen LogP contribution is 2.27. The highest BCUT2D eigenvalue weighted by Gasteiger charge is 2.24. The smallest absolute Gasteiger partial charge is 0.141 e. The Hall–Kier alpha value is -3.30. The van der Waals surface area contributed by atoms with E-state index in [9.17, 15) is 4.39 Å². The minimum atomic E-state index is -0.245. The molecule has 1 aliphatic rings. The quantitative estimate of drug-likeness (QED) is 0.371. The topological polar surface area (TPSA) is 75.1 Å². The van der Waals surface area contributed by atoms with Gasteiger partial charge in [0.15, 0.2) is 0 Å². The molecule has 3 aromatic heterocycles. The van der Waals surface area contributed by atoms with Gasteiger partial charge >= 0.3 is 0 Å². The molecule has 0 saturated carbocycles. The fraction of sp³-hybridized carbons (Fsp3) is 0.444. The zero-order valence-electron chi connectivity index (χ0n) is 21.2. The number of rotatable bonds is 9. The van der Waals surface area contributed by atoms with Crippen molar-refractivity contribution >= 4 is 11.0 Å². The van der Waals surface area contributed by atoms with E-state index >= 15 is 0 Å². The van der Waals surface area contributed by atoms with Crippen LogP contribution in [0.4, 0.5) is 4.39 Å². The van der Waals surface area contributed by atoms with Crippen LogP contribution < -0.4 is 4.74 Å². The summed E-state index contributed by atoms with van der Waals surface area (Å²) in [4.78, 5) is 16.4. The van der Waals surface area contributed by atoms with E-state index in [1.165, 1.54) is 6.07 Å². The van der Waals surface area contributed by atoms with Crippen molar-refractivity contribution in [3.8, 4) is 17.0 Å². The van der Waals surface area contributed by atoms with Gasteiger partial charge in [-0.3, -0.25) is 4.68 Å². The van der Waals surface area contributed by atoms with Gasteiger partial charge in [-0.15, -0.1) is 0 Å². The van der Waals surface area contributed by atoms with E-state index in [4.69, 9.17) is 4.74 Å². The van der Waals surface area contributed by atoms with E-state index in [0.29, 0.717) is 12.3 Å². The number of ether oxygens (including phenoxy) is 1. The van der Waals surface area contributed by atoms with Gasteiger partial charge in [-0.05, 0) is 57.1 Å². The molecule has 5 rings (SSSR count). The number of nitrogens with zero attached hydrogens (tertiary/aromatic N) is 6. The summed E-state index contributed by atoms with van der Waals surface area (Å²) in [5, 5.41) is 5.68. The number of benzene rings is 1. The second-order valence-electron chi connectivity index (χ2n) is 9.88. The summed E-state index contributed by atoms with van der Waals surface area (Å²) >= 11 is 0. The van der Waals surface area contributed by atoms with Crippen LogP contribution in [-0.2, 0) is 6.54 Å². The van der Waals surface area contributed by atoms with Crippen LogP contribution >= 0.6 is 0 Å². The Morgan fingerprint density at radius 2 is 2.03 bits per heavy atom. The molecule has 0 amide bonds. The molecule has 1 N–H and O–H groups in total. The Kier molecular flexibility index (Phi) is 7.29. The van der Waals surface area contributed by atoms with Gasteiger partial charge in [0.05, 0.1) is 17.9 Å². The van der Waals surface area contributed by atoms with Gasteiger partial charge < -0.3 is 19.5 Å². The molecular weight excluding hydrogens is 457 g/mol. The maximum atomic E-state index is 14.1. The predicted molar refractivity (Wildman–Crippen MR) is 138 cm³/mol. The van der Waals surface area contributed by atoms with Crippen molar-refractivity contribution in [1.82, 2.24) is 34.5 Å². The van der Waals surface area contributed by atoms with E-state index in [1.54, 1.807) is 12.4 Å². The molecule has 1 atom stereocenters. The standard InChI is InChI=1S/C27H34FN7O/c1-4-22(35-16-20(14-32-35)26-25-5-8-29-27(25)31-18-30-26)17-34-9-6-23(7-10-34)36-24-12-19(15-33(2)3)11-21(28)13-24/h5,8,11-14,16,18,22-23H,4,6-7,9-10,15,17H2,1-3H3,(H,29,30,31)/t22-/m0/s1. The number of nitrogens with one attached hydrogen (secondary N) is 1. The average molecular weight is 492 g/mol. The summed E-state index contributed by atoms with van der Waals surface area (Å²) in [6, 6.07) is 7.30. The Bertz CT molecular complexity index is 1290. The third kappa shape index (κ3) is 5.57. The number of aromatic nitrogens is 5. The van der Waals surface area contributed by atoms with Crippen molar-refractivity contribution in [3.05, 3.63) is 60.6 Å². The first-order valence-corrected chi connectivity index (χ1v) is 12.6. The van der Waals surface area contributed by atoms with E-state index < -0.39 is 0 Å². The zero-order valence-corrected chi connectivity index (χ0v) is 21.2. The van der Waals surface area contributed by atoms with Crippen LogP contribution in [0.25, 0.3) is 22.3 Å². The molecule has 0 aliphatic carbocycles. The molecule has 36 heavy (non-hydrogen) atoms. The maximum absolute atomic E-state index is 14.1. The van der Waals surface area contributed by atoms with Crippen LogP contribution in [-0.4, -0.2) is 74.4 Å². The van der Waals surface area contributed by atoms with E-state index in [0.717, 1.165) is 66.8 Å². The van der Waals surface area contributed by atoms with E-state index in [-0.39, 0.29) is 18.0 Å². The second kappa shape index (κ2) is 10.8. The molecule has 0 unspecified atom stereocenters. The minimum absolute atomic E-state index is 0.105. The summed E-state index contributed by atoms with van der Waals surface area (Å²) in [6.45, 7) is 5.72. The summed E-state index contributed by atoms with van der Waals surface area (Å²) in [6.07, 6.45) is 10.4. The predicted octanol–water partition coefficient (Wildman–Crippen LogP) is 4.52. The SMILES string of the molecule is CC[C@@H](CN1CCC(Oc2cc(F)cc(CN(C)C)c2)CC1)n1cc(-c2ncnc3[nH]ccc23)cn1. The van der Waals surface area contributed by atoms with Gasteiger partial charge in [0.25, 0.3) is 0 Å². The number of halogens is 1. The fourth-order valence-electron chi connectivity index (χ4n) is 5.01. The lowest BCUT2D eigenvalue weighted by atomic mass is 10.1. The minimum Gasteiger partial charge on any atom is -0.490 e. The molecule has 1 saturated heterocycles. The number of piperidine rings is 1. The second-order valence-corrected chi connectivity index (χ2v) is 9.88. The number of fused-ring (bicyclic) bond motifs is 1. The lowest BCUT2D eigenvalue weighted by Gasteiger charge is -2.34. The fourth-order valence-corrected chi connectivity index (χ4v) is 5.01. The van der Waals surface area contributed by atoms with Crippen LogP contribution in [0.3, 0.4) is 0 Å². The maximum Gasteiger partial charge on any atom is 0.141 e. The summed E-state index contributed by atoms with van der Waals surface area (Å²) < 4.78 is 22.3. The molecule has 4 aromatic rings. The van der Waals surface area contributed by atoms with Crippen LogP contribution in [0.1, 0.15) is 37.8 Å². The highest BCUT2D eigenvalue weighted by molar-refractivity contribution is 5.89. The Labute approximate surface area is 211 Å². The van der Waals surface area contributed by atoms with Gasteiger partial charge in [0.2, 0.25) is 0 Å². The number of hydrogen-bond acceptors (Lipinski definition) is 6. The average Bonchev–Trinajstić information content (AvgIpc) is 3.53. The normalized spacial score (nSPS) is 16.1. The third-order valence-electron chi connectivity index (χ3n) is 6.81. The monoisotopic (exact) mass is 491 g/mol. The molecule has 0 bridgehead atoms. The summed E-state index contributed by atoms with van der Waals surface area (Å²) in [5.41, 5.74) is 3.65. The van der Waals surface area contributed by atoms with E-state index in [2.05, 4.69) is 42.8 Å². The zero-order chi connectivity index (χ0) is 25.1. The van der Waals surface area contributed by atoms with Crippen molar-refractivity contribution in [1.29, 1.82) is 0 Å². The van der Waals surface area contributed by atoms with Gasteiger partial charge in [0.1, 0.15) is 29.6 Å². The summed E-state index contributed by atoms with van der Waals surface area (Å²) in [5.74, 6) is 0.382. The molecule has 1 aliphatic heterocycles. The van der Waals surface area contributed by atoms with Gasteiger partial charge in [-0.1, -0.05) is 6.92 Å². The lowest BCUT2D eigenvalue weighted by molar-refractivity contribution is 0.0900. The molecule has 9 heteroatoms. The first-order valence-electron chi connectivity index (χ1n) is 12.6. The first kappa shape index (κ1) is 24.4. The van der Waals surface area contributed by atoms with Crippen LogP contribution in [0, 0.1) is 5.82 Å². The van der Waals surface area contributed by atoms with Crippen LogP contribution in [0.5, 0.6) is 5.75 Å². The van der Waals surface area contributed by atoms with Gasteiger partial charge in [-0.25, -0.2) is 14.4 Å². The van der Waals surface area contributed by atoms with Crippen molar-refractivity contribution in [3.63, 3.8) is 0 Å². The molecular formula is C27H34FN7O. The van der Waals surface area contributed by atoms with Gasteiger partial charge in [-0.2, -0.15) is 5.10 Å². The number of likely N-dealkylation sites (tertiary alicyclic amines) is 1. The highest BCUT2D eigenvalue weighted by atomic mass is 19.1. The Morgan fingerprint density at radius 3 is 2.81 bits per heavy atom. The van der Waals surface area contributed by atoms with Crippen LogP contribution in [0.2, 0.25) is 0 Å². The van der Waals surface area contributed by atoms with Crippen molar-refractivity contribution < 1.29 is 9.13 Å². The van der Waals surface area contributed by atoms with Crippen molar-refractivity contribution in [2.24, 2.45) is 0 Å².